The number of amides is 1. The molecule has 4 rings (SSSR count). The van der Waals surface area contributed by atoms with Gasteiger partial charge in [-0.25, -0.2) is 9.97 Å². The molecule has 0 aliphatic rings. The van der Waals surface area contributed by atoms with E-state index < -0.39 is 0 Å². The van der Waals surface area contributed by atoms with E-state index >= 15 is 0 Å². The Kier molecular flexibility index (Phi) is 6.63. The Balaban J connectivity index is 1.47. The maximum Gasteiger partial charge on any atom is 0.271 e. The van der Waals surface area contributed by atoms with Crippen LogP contribution in [0.25, 0.3) is 17.3 Å². The fraction of sp³-hybridized carbons (Fsp3) is 0.261. The number of rotatable bonds is 9. The number of carbonyl (C=O) groups excluding carboxylic acids is 1. The Morgan fingerprint density at radius 2 is 2.03 bits per heavy atom. The van der Waals surface area contributed by atoms with Crippen LogP contribution in [0.2, 0.25) is 0 Å². The molecule has 0 unspecified atom stereocenters. The highest BCUT2D eigenvalue weighted by molar-refractivity contribution is 5.92. The van der Waals surface area contributed by atoms with Crippen LogP contribution in [0.5, 0.6) is 11.5 Å². The van der Waals surface area contributed by atoms with Gasteiger partial charge < -0.3 is 19.3 Å². The summed E-state index contributed by atoms with van der Waals surface area (Å²) >= 11 is 0. The van der Waals surface area contributed by atoms with Crippen LogP contribution in [0.3, 0.4) is 0 Å². The number of aromatic nitrogens is 5. The van der Waals surface area contributed by atoms with Gasteiger partial charge in [-0.15, -0.1) is 0 Å². The van der Waals surface area contributed by atoms with Gasteiger partial charge in [0.1, 0.15) is 29.3 Å². The zero-order valence-electron chi connectivity index (χ0n) is 18.6. The fourth-order valence-electron chi connectivity index (χ4n) is 3.24. The van der Waals surface area contributed by atoms with E-state index in [1.807, 2.05) is 6.07 Å². The first-order chi connectivity index (χ1) is 16.1. The average molecular weight is 448 g/mol. The van der Waals surface area contributed by atoms with Crippen molar-refractivity contribution in [2.75, 3.05) is 14.2 Å². The average Bonchev–Trinajstić information content (AvgIpc) is 3.53. The molecule has 3 heterocycles. The molecule has 3 aromatic heterocycles. The number of methoxy groups -OCH3 is 2. The second kappa shape index (κ2) is 9.94. The number of pyridine rings is 1. The molecule has 0 bridgehead atoms. The quantitative estimate of drug-likeness (QED) is 0.415. The summed E-state index contributed by atoms with van der Waals surface area (Å²) in [5, 5.41) is 6.84. The summed E-state index contributed by atoms with van der Waals surface area (Å²) in [5.74, 6) is 2.68. The van der Waals surface area contributed by atoms with Gasteiger partial charge in [-0.05, 0) is 36.8 Å². The Labute approximate surface area is 190 Å². The maximum absolute atomic E-state index is 12.7. The smallest absolute Gasteiger partial charge is 0.271 e. The molecule has 4 aromatic rings. The van der Waals surface area contributed by atoms with Gasteiger partial charge in [0.2, 0.25) is 0 Å². The van der Waals surface area contributed by atoms with Crippen LogP contribution in [0.1, 0.15) is 35.2 Å². The molecule has 1 N–H and O–H groups in total. The summed E-state index contributed by atoms with van der Waals surface area (Å²) in [5.41, 5.74) is 1.78. The SMILES string of the molecule is CCCc1noc(-c2ccnc(-n3cnc(C(=O)NCc4cc(OC)ccc4OC)c3)c2)n1. The molecule has 0 aliphatic carbocycles. The first-order valence-corrected chi connectivity index (χ1v) is 10.4. The van der Waals surface area contributed by atoms with Crippen LogP contribution in [0, 0.1) is 0 Å². The first kappa shape index (κ1) is 22.0. The van der Waals surface area contributed by atoms with Crippen molar-refractivity contribution in [3.63, 3.8) is 0 Å². The lowest BCUT2D eigenvalue weighted by Crippen LogP contribution is -2.23. The third-order valence-corrected chi connectivity index (χ3v) is 4.94. The molecular weight excluding hydrogens is 424 g/mol. The summed E-state index contributed by atoms with van der Waals surface area (Å²) in [6.45, 7) is 2.32. The minimum Gasteiger partial charge on any atom is -0.497 e. The lowest BCUT2D eigenvalue weighted by atomic mass is 10.2. The Morgan fingerprint density at radius 1 is 1.15 bits per heavy atom. The number of aryl methyl sites for hydroxylation is 1. The van der Waals surface area contributed by atoms with E-state index in [-0.39, 0.29) is 18.1 Å². The van der Waals surface area contributed by atoms with Crippen molar-refractivity contribution in [3.8, 4) is 28.8 Å². The molecule has 0 saturated carbocycles. The summed E-state index contributed by atoms with van der Waals surface area (Å²) in [6, 6.07) is 9.00. The number of ether oxygens (including phenoxy) is 2. The molecule has 0 fully saturated rings. The lowest BCUT2D eigenvalue weighted by Gasteiger charge is -2.11. The van der Waals surface area contributed by atoms with Gasteiger partial charge in [0, 0.05) is 36.5 Å². The minimum absolute atomic E-state index is 0.257. The van der Waals surface area contributed by atoms with E-state index in [4.69, 9.17) is 14.0 Å². The second-order valence-electron chi connectivity index (χ2n) is 7.20. The zero-order valence-corrected chi connectivity index (χ0v) is 18.6. The molecule has 10 heteroatoms. The largest absolute Gasteiger partial charge is 0.497 e. The van der Waals surface area contributed by atoms with Gasteiger partial charge in [0.05, 0.1) is 14.2 Å². The van der Waals surface area contributed by atoms with E-state index in [1.165, 1.54) is 6.33 Å². The lowest BCUT2D eigenvalue weighted by molar-refractivity contribution is 0.0946. The number of carbonyl (C=O) groups is 1. The van der Waals surface area contributed by atoms with E-state index in [0.717, 1.165) is 24.0 Å². The van der Waals surface area contributed by atoms with Crippen molar-refractivity contribution >= 4 is 5.91 Å². The topological polar surface area (TPSA) is 117 Å². The Morgan fingerprint density at radius 3 is 2.82 bits per heavy atom. The van der Waals surface area contributed by atoms with Crippen molar-refractivity contribution in [2.45, 2.75) is 26.3 Å². The number of nitrogens with zero attached hydrogens (tertiary/aromatic N) is 5. The number of hydrogen-bond acceptors (Lipinski definition) is 8. The summed E-state index contributed by atoms with van der Waals surface area (Å²) < 4.78 is 17.6. The summed E-state index contributed by atoms with van der Waals surface area (Å²) in [7, 11) is 3.16. The number of benzene rings is 1. The van der Waals surface area contributed by atoms with Crippen LogP contribution in [0.4, 0.5) is 0 Å². The predicted molar refractivity (Wildman–Crippen MR) is 119 cm³/mol. The van der Waals surface area contributed by atoms with Gasteiger partial charge in [-0.1, -0.05) is 12.1 Å². The Bertz CT molecular complexity index is 1250. The molecule has 1 aromatic carbocycles. The Hall–Kier alpha value is -4.21. The molecule has 0 aliphatic heterocycles. The van der Waals surface area contributed by atoms with Gasteiger partial charge in [0.15, 0.2) is 5.82 Å². The van der Waals surface area contributed by atoms with E-state index in [2.05, 4.69) is 32.3 Å². The van der Waals surface area contributed by atoms with E-state index in [1.54, 1.807) is 55.4 Å². The van der Waals surface area contributed by atoms with Crippen LogP contribution in [-0.2, 0) is 13.0 Å². The molecule has 33 heavy (non-hydrogen) atoms. The molecule has 0 radical (unpaired) electrons. The van der Waals surface area contributed by atoms with Gasteiger partial charge in [0.25, 0.3) is 11.8 Å². The highest BCUT2D eigenvalue weighted by atomic mass is 16.5. The summed E-state index contributed by atoms with van der Waals surface area (Å²) in [4.78, 5) is 25.6. The van der Waals surface area contributed by atoms with Gasteiger partial charge >= 0.3 is 0 Å². The fourth-order valence-corrected chi connectivity index (χ4v) is 3.24. The van der Waals surface area contributed by atoms with Crippen molar-refractivity contribution in [3.05, 3.63) is 66.1 Å². The highest BCUT2D eigenvalue weighted by Gasteiger charge is 2.14. The third kappa shape index (κ3) is 5.00. The molecule has 0 spiro atoms. The highest BCUT2D eigenvalue weighted by Crippen LogP contribution is 2.24. The molecule has 1 amide bonds. The number of hydrogen-bond donors (Lipinski definition) is 1. The van der Waals surface area contributed by atoms with Crippen LogP contribution in [-0.4, -0.2) is 44.8 Å². The maximum atomic E-state index is 12.7. The van der Waals surface area contributed by atoms with Crippen LogP contribution >= 0.6 is 0 Å². The van der Waals surface area contributed by atoms with E-state index in [9.17, 15) is 4.79 Å². The van der Waals surface area contributed by atoms with Crippen molar-refractivity contribution in [1.82, 2.24) is 30.0 Å². The molecule has 0 atom stereocenters. The van der Waals surface area contributed by atoms with Crippen molar-refractivity contribution < 1.29 is 18.8 Å². The van der Waals surface area contributed by atoms with Gasteiger partial charge in [-0.3, -0.25) is 9.36 Å². The molecular formula is C23H24N6O4. The number of imidazole rings is 1. The normalized spacial score (nSPS) is 10.8. The van der Waals surface area contributed by atoms with Crippen molar-refractivity contribution in [2.24, 2.45) is 0 Å². The standard InChI is InChI=1S/C23H24N6O4/c1-4-5-20-27-23(33-28-20)15-8-9-24-21(11-15)29-13-18(26-14-29)22(30)25-12-16-10-17(31-2)6-7-19(16)32-3/h6-11,13-14H,4-5,12H2,1-3H3,(H,25,30). The van der Waals surface area contributed by atoms with Crippen molar-refractivity contribution in [1.29, 1.82) is 0 Å². The van der Waals surface area contributed by atoms with Gasteiger partial charge in [-0.2, -0.15) is 4.98 Å². The summed E-state index contributed by atoms with van der Waals surface area (Å²) in [6.07, 6.45) is 6.47. The molecule has 0 saturated heterocycles. The monoisotopic (exact) mass is 448 g/mol. The van der Waals surface area contributed by atoms with E-state index in [0.29, 0.717) is 29.0 Å². The van der Waals surface area contributed by atoms with Crippen LogP contribution in [0.15, 0.2) is 53.6 Å². The first-order valence-electron chi connectivity index (χ1n) is 10.4. The van der Waals surface area contributed by atoms with Crippen LogP contribution < -0.4 is 14.8 Å². The zero-order chi connectivity index (χ0) is 23.2. The second-order valence-corrected chi connectivity index (χ2v) is 7.20. The molecule has 10 nitrogen and oxygen atoms in total. The third-order valence-electron chi connectivity index (χ3n) is 4.94. The molecule has 170 valence electrons. The minimum atomic E-state index is -0.323. The predicted octanol–water partition coefficient (Wildman–Crippen LogP) is 3.22. The number of nitrogens with one attached hydrogen (secondary N) is 1.